The van der Waals surface area contributed by atoms with E-state index in [0.717, 1.165) is 57.4 Å². The first kappa shape index (κ1) is 23.0. The van der Waals surface area contributed by atoms with Gasteiger partial charge in [-0.2, -0.15) is 4.98 Å². The number of carbonyl (C=O) groups excluding carboxylic acids is 1. The maximum absolute atomic E-state index is 12.4. The van der Waals surface area contributed by atoms with E-state index in [1.54, 1.807) is 35.0 Å². The lowest BCUT2D eigenvalue weighted by atomic mass is 10.1. The average Bonchev–Trinajstić information content (AvgIpc) is 2.77. The highest BCUT2D eigenvalue weighted by atomic mass is 16.2. The summed E-state index contributed by atoms with van der Waals surface area (Å²) in [6, 6.07) is 9.31. The molecule has 8 heteroatoms. The van der Waals surface area contributed by atoms with E-state index < -0.39 is 0 Å². The first-order valence-corrected chi connectivity index (χ1v) is 11.3. The molecule has 2 aromatic rings. The molecule has 1 aromatic heterocycles. The van der Waals surface area contributed by atoms with E-state index in [9.17, 15) is 9.59 Å². The van der Waals surface area contributed by atoms with Crippen LogP contribution >= 0.6 is 0 Å². The highest BCUT2D eigenvalue weighted by molar-refractivity contribution is 5.95. The van der Waals surface area contributed by atoms with Crippen molar-refractivity contribution in [2.75, 3.05) is 31.5 Å². The third-order valence-corrected chi connectivity index (χ3v) is 5.56. The monoisotopic (exact) mass is 426 g/mol. The molecular weight excluding hydrogens is 392 g/mol. The Kier molecular flexibility index (Phi) is 8.61. The molecule has 0 saturated carbocycles. The van der Waals surface area contributed by atoms with Crippen molar-refractivity contribution in [3.63, 3.8) is 0 Å². The van der Waals surface area contributed by atoms with E-state index in [4.69, 9.17) is 5.73 Å². The molecule has 1 amide bonds. The molecule has 8 nitrogen and oxygen atoms in total. The number of hydrogen-bond donors (Lipinski definition) is 3. The first-order valence-electron chi connectivity index (χ1n) is 11.3. The Morgan fingerprint density at radius 2 is 1.97 bits per heavy atom. The number of nitrogens with zero attached hydrogens (tertiary/aromatic N) is 3. The van der Waals surface area contributed by atoms with Crippen LogP contribution in [0.15, 0.2) is 41.3 Å². The second-order valence-corrected chi connectivity index (χ2v) is 8.14. The topological polar surface area (TPSA) is 105 Å². The predicted octanol–water partition coefficient (Wildman–Crippen LogP) is 2.33. The Hall–Kier alpha value is -2.71. The molecule has 0 radical (unpaired) electrons. The van der Waals surface area contributed by atoms with Crippen LogP contribution in [0.25, 0.3) is 0 Å². The number of benzene rings is 1. The van der Waals surface area contributed by atoms with Gasteiger partial charge in [0.25, 0.3) is 5.91 Å². The number of carbonyl (C=O) groups is 1. The zero-order valence-corrected chi connectivity index (χ0v) is 18.3. The third-order valence-electron chi connectivity index (χ3n) is 5.56. The number of aryl methyl sites for hydroxylation is 1. The maximum Gasteiger partial charge on any atom is 0.349 e. The number of aromatic nitrogens is 2. The van der Waals surface area contributed by atoms with E-state index in [1.165, 1.54) is 0 Å². The summed E-state index contributed by atoms with van der Waals surface area (Å²) < 4.78 is 1.64. The fourth-order valence-corrected chi connectivity index (χ4v) is 3.69. The molecule has 0 atom stereocenters. The summed E-state index contributed by atoms with van der Waals surface area (Å²) in [4.78, 5) is 31.1. The van der Waals surface area contributed by atoms with Gasteiger partial charge >= 0.3 is 5.69 Å². The summed E-state index contributed by atoms with van der Waals surface area (Å²) in [6.45, 7) is 6.51. The number of unbranched alkanes of at least 4 members (excludes halogenated alkanes) is 1. The highest BCUT2D eigenvalue weighted by Gasteiger charge is 2.15. The normalized spacial score (nSPS) is 15.0. The van der Waals surface area contributed by atoms with Gasteiger partial charge in [0.15, 0.2) is 0 Å². The molecule has 31 heavy (non-hydrogen) atoms. The maximum atomic E-state index is 12.4. The van der Waals surface area contributed by atoms with Crippen LogP contribution in [0.3, 0.4) is 0 Å². The summed E-state index contributed by atoms with van der Waals surface area (Å²) in [6.07, 6.45) is 6.79. The zero-order valence-electron chi connectivity index (χ0n) is 18.3. The standard InChI is InChI=1S/C23H34N6O2/c1-2-11-25-22(30)18-6-5-7-20(17-18)26-21-10-16-29(23(31)27-21)13-4-3-12-28-14-8-19(24)9-15-28/h5-7,10,16-17,19H,2-4,8-9,11-15,24H2,1H3,(H,25,30)(H,26,27,31). The molecule has 0 spiro atoms. The van der Waals surface area contributed by atoms with Crippen molar-refractivity contribution in [3.8, 4) is 0 Å². The van der Waals surface area contributed by atoms with Crippen LogP contribution in [0.4, 0.5) is 11.5 Å². The van der Waals surface area contributed by atoms with Crippen molar-refractivity contribution in [2.45, 2.75) is 51.6 Å². The Morgan fingerprint density at radius 3 is 2.71 bits per heavy atom. The Bertz CT molecular complexity index is 905. The minimum absolute atomic E-state index is 0.110. The first-order chi connectivity index (χ1) is 15.0. The molecule has 1 aromatic carbocycles. The number of amides is 1. The summed E-state index contributed by atoms with van der Waals surface area (Å²) >= 11 is 0. The lowest BCUT2D eigenvalue weighted by Gasteiger charge is -2.29. The predicted molar refractivity (Wildman–Crippen MR) is 124 cm³/mol. The van der Waals surface area contributed by atoms with Gasteiger partial charge in [-0.25, -0.2) is 4.79 Å². The molecule has 1 aliphatic rings. The fourth-order valence-electron chi connectivity index (χ4n) is 3.69. The minimum Gasteiger partial charge on any atom is -0.352 e. The van der Waals surface area contributed by atoms with Crippen molar-refractivity contribution >= 4 is 17.4 Å². The molecule has 1 fully saturated rings. The van der Waals surface area contributed by atoms with Crippen molar-refractivity contribution in [3.05, 3.63) is 52.6 Å². The molecule has 2 heterocycles. The Labute approximate surface area is 183 Å². The summed E-state index contributed by atoms with van der Waals surface area (Å²) in [5.74, 6) is 0.360. The highest BCUT2D eigenvalue weighted by Crippen LogP contribution is 2.15. The minimum atomic E-state index is -0.272. The van der Waals surface area contributed by atoms with Crippen molar-refractivity contribution in [2.24, 2.45) is 5.73 Å². The largest absolute Gasteiger partial charge is 0.352 e. The SMILES string of the molecule is CCCNC(=O)c1cccc(Nc2ccn(CCCCN3CCC(N)CC3)c(=O)n2)c1. The Morgan fingerprint density at radius 1 is 1.19 bits per heavy atom. The summed E-state index contributed by atoms with van der Waals surface area (Å²) in [7, 11) is 0. The van der Waals surface area contributed by atoms with Crippen LogP contribution in [0.2, 0.25) is 0 Å². The average molecular weight is 427 g/mol. The number of nitrogens with one attached hydrogen (secondary N) is 2. The smallest absolute Gasteiger partial charge is 0.349 e. The third kappa shape index (κ3) is 7.18. The van der Waals surface area contributed by atoms with Gasteiger partial charge in [-0.3, -0.25) is 9.36 Å². The summed E-state index contributed by atoms with van der Waals surface area (Å²) in [5, 5.41) is 5.97. The van der Waals surface area contributed by atoms with Gasteiger partial charge in [0.2, 0.25) is 0 Å². The van der Waals surface area contributed by atoms with Gasteiger partial charge in [-0.05, 0) is 76.0 Å². The molecule has 0 bridgehead atoms. The van der Waals surface area contributed by atoms with E-state index in [0.29, 0.717) is 30.5 Å². The quantitative estimate of drug-likeness (QED) is 0.504. The van der Waals surface area contributed by atoms with Gasteiger partial charge in [0.1, 0.15) is 5.82 Å². The van der Waals surface area contributed by atoms with Crippen LogP contribution in [-0.2, 0) is 6.54 Å². The van der Waals surface area contributed by atoms with Crippen LogP contribution in [0.5, 0.6) is 0 Å². The number of anilines is 2. The van der Waals surface area contributed by atoms with Gasteiger partial charge < -0.3 is 21.3 Å². The molecule has 0 aliphatic carbocycles. The van der Waals surface area contributed by atoms with Gasteiger partial charge in [0.05, 0.1) is 0 Å². The van der Waals surface area contributed by atoms with Crippen molar-refractivity contribution in [1.29, 1.82) is 0 Å². The van der Waals surface area contributed by atoms with Gasteiger partial charge in [0, 0.05) is 36.6 Å². The second-order valence-electron chi connectivity index (χ2n) is 8.14. The van der Waals surface area contributed by atoms with E-state index in [1.807, 2.05) is 13.0 Å². The van der Waals surface area contributed by atoms with Gasteiger partial charge in [-0.1, -0.05) is 13.0 Å². The fraction of sp³-hybridized carbons (Fsp3) is 0.522. The lowest BCUT2D eigenvalue weighted by Crippen LogP contribution is -2.40. The van der Waals surface area contributed by atoms with E-state index in [-0.39, 0.29) is 11.6 Å². The number of rotatable bonds is 10. The van der Waals surface area contributed by atoms with Crippen molar-refractivity contribution in [1.82, 2.24) is 19.8 Å². The van der Waals surface area contributed by atoms with Crippen LogP contribution < -0.4 is 22.1 Å². The van der Waals surface area contributed by atoms with Crippen molar-refractivity contribution < 1.29 is 4.79 Å². The second kappa shape index (κ2) is 11.6. The molecular formula is C23H34N6O2. The van der Waals surface area contributed by atoms with Crippen LogP contribution in [0, 0.1) is 0 Å². The van der Waals surface area contributed by atoms with E-state index >= 15 is 0 Å². The number of nitrogens with two attached hydrogens (primary N) is 1. The van der Waals surface area contributed by atoms with E-state index in [2.05, 4.69) is 20.5 Å². The number of piperidine rings is 1. The Balaban J connectivity index is 1.49. The molecule has 4 N–H and O–H groups in total. The molecule has 3 rings (SSSR count). The van der Waals surface area contributed by atoms with Crippen LogP contribution in [-0.4, -0.2) is 52.6 Å². The van der Waals surface area contributed by atoms with Crippen LogP contribution in [0.1, 0.15) is 49.4 Å². The lowest BCUT2D eigenvalue weighted by molar-refractivity contribution is 0.0953. The zero-order chi connectivity index (χ0) is 22.1. The molecule has 168 valence electrons. The molecule has 1 saturated heterocycles. The van der Waals surface area contributed by atoms with Gasteiger partial charge in [-0.15, -0.1) is 0 Å². The number of likely N-dealkylation sites (tertiary alicyclic amines) is 1. The number of hydrogen-bond acceptors (Lipinski definition) is 6. The summed E-state index contributed by atoms with van der Waals surface area (Å²) in [5.41, 5.74) is 6.97. The molecule has 1 aliphatic heterocycles. The molecule has 0 unspecified atom stereocenters.